The number of nitrogens with one attached hydrogen (secondary N) is 1. The maximum Gasteiger partial charge on any atom is 0.226 e. The number of amidine groups is 1. The lowest BCUT2D eigenvalue weighted by molar-refractivity contribution is 0.798. The summed E-state index contributed by atoms with van der Waals surface area (Å²) in [6, 6.07) is 5.76. The zero-order chi connectivity index (χ0) is 13.0. The Labute approximate surface area is 110 Å². The third-order valence-electron chi connectivity index (χ3n) is 2.51. The molecule has 0 saturated carbocycles. The number of nitrogen functional groups attached to an aromatic ring is 1. The van der Waals surface area contributed by atoms with Gasteiger partial charge < -0.3 is 10.6 Å². The van der Waals surface area contributed by atoms with Gasteiger partial charge in [0.05, 0.1) is 6.54 Å². The quantitative estimate of drug-likeness (QED) is 0.636. The van der Waals surface area contributed by atoms with Gasteiger partial charge in [-0.25, -0.2) is 9.97 Å². The Hall–Kier alpha value is -1.95. The van der Waals surface area contributed by atoms with E-state index in [9.17, 15) is 0 Å². The smallest absolute Gasteiger partial charge is 0.226 e. The number of hydrogen-bond acceptors (Lipinski definition) is 5. The Morgan fingerprint density at radius 2 is 2.33 bits per heavy atom. The van der Waals surface area contributed by atoms with Crippen LogP contribution in [0.2, 0.25) is 0 Å². The molecule has 0 amide bonds. The molecule has 2 aromatic heterocycles. The first-order valence-corrected chi connectivity index (χ1v) is 6.53. The van der Waals surface area contributed by atoms with Crippen molar-refractivity contribution < 1.29 is 0 Å². The zero-order valence-electron chi connectivity index (χ0n) is 10.1. The molecule has 0 saturated heterocycles. The van der Waals surface area contributed by atoms with Gasteiger partial charge in [-0.1, -0.05) is 6.07 Å². The Bertz CT molecular complexity index is 523. The molecule has 6 heteroatoms. The first-order chi connectivity index (χ1) is 8.70. The van der Waals surface area contributed by atoms with Crippen molar-refractivity contribution >= 4 is 23.1 Å². The van der Waals surface area contributed by atoms with Gasteiger partial charge in [0.25, 0.3) is 0 Å². The van der Waals surface area contributed by atoms with E-state index >= 15 is 0 Å². The molecule has 5 nitrogen and oxygen atoms in total. The van der Waals surface area contributed by atoms with Crippen LogP contribution in [-0.2, 0) is 6.54 Å². The maximum absolute atomic E-state index is 7.40. The van der Waals surface area contributed by atoms with E-state index in [4.69, 9.17) is 11.1 Å². The molecule has 0 spiro atoms. The number of nitrogens with zero attached hydrogens (tertiary/aromatic N) is 3. The molecule has 0 aromatic carbocycles. The van der Waals surface area contributed by atoms with Crippen molar-refractivity contribution in [2.75, 3.05) is 11.4 Å². The fourth-order valence-corrected chi connectivity index (χ4v) is 2.28. The minimum Gasteiger partial charge on any atom is -0.382 e. The van der Waals surface area contributed by atoms with Crippen molar-refractivity contribution in [3.8, 4) is 0 Å². The van der Waals surface area contributed by atoms with Gasteiger partial charge >= 0.3 is 0 Å². The van der Waals surface area contributed by atoms with Crippen LogP contribution in [0, 0.1) is 5.41 Å². The van der Waals surface area contributed by atoms with Crippen LogP contribution in [0.4, 0.5) is 5.95 Å². The summed E-state index contributed by atoms with van der Waals surface area (Å²) in [6.45, 7) is 3.63. The molecular weight excluding hydrogens is 246 g/mol. The predicted octanol–water partition coefficient (Wildman–Crippen LogP) is 1.85. The van der Waals surface area contributed by atoms with Crippen LogP contribution in [0.5, 0.6) is 0 Å². The second-order valence-electron chi connectivity index (χ2n) is 3.75. The van der Waals surface area contributed by atoms with Crippen LogP contribution in [0.25, 0.3) is 0 Å². The zero-order valence-corrected chi connectivity index (χ0v) is 10.9. The molecule has 94 valence electrons. The molecule has 0 aliphatic carbocycles. The van der Waals surface area contributed by atoms with Gasteiger partial charge in [0, 0.05) is 17.6 Å². The monoisotopic (exact) mass is 261 g/mol. The van der Waals surface area contributed by atoms with Gasteiger partial charge in [0.15, 0.2) is 0 Å². The minimum atomic E-state index is -0.0363. The van der Waals surface area contributed by atoms with Gasteiger partial charge in [0.1, 0.15) is 11.5 Å². The summed E-state index contributed by atoms with van der Waals surface area (Å²) in [6.07, 6.45) is 1.64. The molecule has 0 aliphatic rings. The van der Waals surface area contributed by atoms with E-state index < -0.39 is 0 Å². The lowest BCUT2D eigenvalue weighted by Gasteiger charge is -2.20. The standard InChI is InChI=1S/C12H15N5S/c1-2-17(8-9-4-3-7-18-9)12-15-6-5-10(16-12)11(13)14/h3-7H,2,8H2,1H3,(H3,13,14). The van der Waals surface area contributed by atoms with Gasteiger partial charge in [-0.05, 0) is 24.4 Å². The fraction of sp³-hybridized carbons (Fsp3) is 0.250. The summed E-state index contributed by atoms with van der Waals surface area (Å²) < 4.78 is 0. The number of nitrogens with two attached hydrogens (primary N) is 1. The highest BCUT2D eigenvalue weighted by Crippen LogP contribution is 2.15. The summed E-state index contributed by atoms with van der Waals surface area (Å²) in [7, 11) is 0. The van der Waals surface area contributed by atoms with Crippen LogP contribution in [0.3, 0.4) is 0 Å². The second-order valence-corrected chi connectivity index (χ2v) is 4.78. The van der Waals surface area contributed by atoms with Crippen LogP contribution in [-0.4, -0.2) is 22.3 Å². The number of rotatable bonds is 5. The molecule has 0 bridgehead atoms. The van der Waals surface area contributed by atoms with Crippen LogP contribution < -0.4 is 10.6 Å². The predicted molar refractivity (Wildman–Crippen MR) is 74.1 cm³/mol. The van der Waals surface area contributed by atoms with Crippen LogP contribution in [0.15, 0.2) is 29.8 Å². The minimum absolute atomic E-state index is 0.0363. The van der Waals surface area contributed by atoms with Gasteiger partial charge in [-0.15, -0.1) is 11.3 Å². The number of hydrogen-bond donors (Lipinski definition) is 2. The molecular formula is C12H15N5S. The molecule has 2 heterocycles. The van der Waals surface area contributed by atoms with Crippen molar-refractivity contribution in [1.29, 1.82) is 5.41 Å². The molecule has 0 unspecified atom stereocenters. The average Bonchev–Trinajstić information content (AvgIpc) is 2.89. The first-order valence-electron chi connectivity index (χ1n) is 5.65. The van der Waals surface area contributed by atoms with Crippen molar-refractivity contribution in [3.63, 3.8) is 0 Å². The average molecular weight is 261 g/mol. The molecule has 0 fully saturated rings. The highest BCUT2D eigenvalue weighted by Gasteiger charge is 2.10. The molecule has 2 aromatic rings. The lowest BCUT2D eigenvalue weighted by Crippen LogP contribution is -2.25. The SMILES string of the molecule is CCN(Cc1cccs1)c1nccc(C(=N)N)n1. The Morgan fingerprint density at radius 1 is 1.50 bits per heavy atom. The molecule has 18 heavy (non-hydrogen) atoms. The molecule has 2 rings (SSSR count). The summed E-state index contributed by atoms with van der Waals surface area (Å²) in [4.78, 5) is 11.8. The first kappa shape index (κ1) is 12.5. The third kappa shape index (κ3) is 2.84. The van der Waals surface area contributed by atoms with E-state index in [1.165, 1.54) is 4.88 Å². The van der Waals surface area contributed by atoms with E-state index in [1.54, 1.807) is 23.6 Å². The second kappa shape index (κ2) is 5.59. The van der Waals surface area contributed by atoms with Crippen LogP contribution in [0.1, 0.15) is 17.5 Å². The number of thiophene rings is 1. The molecule has 0 aliphatic heterocycles. The van der Waals surface area contributed by atoms with Crippen LogP contribution >= 0.6 is 11.3 Å². The highest BCUT2D eigenvalue weighted by molar-refractivity contribution is 7.09. The summed E-state index contributed by atoms with van der Waals surface area (Å²) in [5.41, 5.74) is 5.90. The Morgan fingerprint density at radius 3 is 2.94 bits per heavy atom. The summed E-state index contributed by atoms with van der Waals surface area (Å²) >= 11 is 1.71. The van der Waals surface area contributed by atoms with E-state index in [2.05, 4.69) is 33.2 Å². The van der Waals surface area contributed by atoms with Crippen molar-refractivity contribution in [3.05, 3.63) is 40.3 Å². The van der Waals surface area contributed by atoms with E-state index in [1.807, 2.05) is 6.07 Å². The fourth-order valence-electron chi connectivity index (χ4n) is 1.57. The number of anilines is 1. The lowest BCUT2D eigenvalue weighted by atomic mass is 10.4. The van der Waals surface area contributed by atoms with E-state index in [0.717, 1.165) is 13.1 Å². The van der Waals surface area contributed by atoms with Gasteiger partial charge in [-0.2, -0.15) is 0 Å². The van der Waals surface area contributed by atoms with Crippen molar-refractivity contribution in [2.24, 2.45) is 5.73 Å². The molecule has 3 N–H and O–H groups in total. The number of aromatic nitrogens is 2. The molecule has 0 atom stereocenters. The topological polar surface area (TPSA) is 78.9 Å². The van der Waals surface area contributed by atoms with Gasteiger partial charge in [-0.3, -0.25) is 5.41 Å². The molecule has 0 radical (unpaired) electrons. The third-order valence-corrected chi connectivity index (χ3v) is 3.37. The van der Waals surface area contributed by atoms with Crippen molar-refractivity contribution in [2.45, 2.75) is 13.5 Å². The summed E-state index contributed by atoms with van der Waals surface area (Å²) in [5, 5.41) is 9.45. The van der Waals surface area contributed by atoms with Gasteiger partial charge in [0.2, 0.25) is 5.95 Å². The van der Waals surface area contributed by atoms with E-state index in [-0.39, 0.29) is 5.84 Å². The normalized spacial score (nSPS) is 10.3. The van der Waals surface area contributed by atoms with E-state index in [0.29, 0.717) is 11.6 Å². The largest absolute Gasteiger partial charge is 0.382 e. The summed E-state index contributed by atoms with van der Waals surface area (Å²) in [5.74, 6) is 0.574. The van der Waals surface area contributed by atoms with Crippen molar-refractivity contribution in [1.82, 2.24) is 9.97 Å². The maximum atomic E-state index is 7.40. The Kier molecular flexibility index (Phi) is 3.88. The highest BCUT2D eigenvalue weighted by atomic mass is 32.1. The Balaban J connectivity index is 2.21.